The van der Waals surface area contributed by atoms with E-state index < -0.39 is 17.9 Å². The van der Waals surface area contributed by atoms with Crippen LogP contribution in [0.15, 0.2) is 82.1 Å². The Bertz CT molecular complexity index is 2020. The van der Waals surface area contributed by atoms with Crippen LogP contribution in [0.5, 0.6) is 23.0 Å². The zero-order chi connectivity index (χ0) is 34.2. The van der Waals surface area contributed by atoms with Crippen molar-refractivity contribution in [3.8, 4) is 23.0 Å². The Kier molecular flexibility index (Phi) is 11.0. The van der Waals surface area contributed by atoms with Gasteiger partial charge < -0.3 is 29.4 Å². The fourth-order valence-electron chi connectivity index (χ4n) is 5.30. The number of hydrogen-bond donors (Lipinski definition) is 1. The molecule has 250 valence electrons. The molecule has 0 aliphatic carbocycles. The summed E-state index contributed by atoms with van der Waals surface area (Å²) in [6, 6.07) is 19.0. The summed E-state index contributed by atoms with van der Waals surface area (Å²) in [5.41, 5.74) is 7.51. The van der Waals surface area contributed by atoms with Gasteiger partial charge >= 0.3 is 5.97 Å². The van der Waals surface area contributed by atoms with Crippen LogP contribution in [0.4, 0.5) is 0 Å². The molecule has 0 unspecified atom stereocenters. The molecular formula is C36H37N3O8S. The lowest BCUT2D eigenvalue weighted by atomic mass is 9.93. The van der Waals surface area contributed by atoms with Crippen molar-refractivity contribution in [3.63, 3.8) is 0 Å². The first kappa shape index (κ1) is 34.0. The van der Waals surface area contributed by atoms with E-state index in [2.05, 4.69) is 0 Å². The van der Waals surface area contributed by atoms with Crippen LogP contribution in [0.25, 0.3) is 11.8 Å². The van der Waals surface area contributed by atoms with E-state index in [9.17, 15) is 14.4 Å². The predicted octanol–water partition coefficient (Wildman–Crippen LogP) is 4.00. The number of carbonyl (C=O) groups excluding carboxylic acids is 2. The average molecular weight is 672 g/mol. The smallest absolute Gasteiger partial charge is 0.338 e. The van der Waals surface area contributed by atoms with Gasteiger partial charge in [-0.25, -0.2) is 9.79 Å². The molecule has 3 aromatic carbocycles. The number of amides is 1. The SMILES string of the molecule is CCOC(=O)C1=C(c2ccccc2)N=c2s/c(=C\c3ccc(OCC(N)=O)c(OCC)c3)c(=O)n2[C@H]1c1ccc(OCC)c(OCC)c1. The molecule has 2 N–H and O–H groups in total. The number of aromatic nitrogens is 1. The van der Waals surface area contributed by atoms with Crippen LogP contribution >= 0.6 is 11.3 Å². The van der Waals surface area contributed by atoms with Gasteiger partial charge in [-0.05, 0) is 69.2 Å². The highest BCUT2D eigenvalue weighted by Crippen LogP contribution is 2.39. The molecule has 0 bridgehead atoms. The van der Waals surface area contributed by atoms with Crippen LogP contribution in [0, 0.1) is 0 Å². The maximum atomic E-state index is 14.4. The number of primary amides is 1. The van der Waals surface area contributed by atoms with E-state index in [0.717, 1.165) is 0 Å². The Morgan fingerprint density at radius 3 is 2.15 bits per heavy atom. The lowest BCUT2D eigenvalue weighted by Gasteiger charge is -2.26. The van der Waals surface area contributed by atoms with Crippen LogP contribution in [-0.4, -0.2) is 49.5 Å². The Labute approximate surface area is 281 Å². The molecule has 1 aliphatic rings. The molecule has 0 spiro atoms. The predicted molar refractivity (Wildman–Crippen MR) is 182 cm³/mol. The van der Waals surface area contributed by atoms with Crippen molar-refractivity contribution >= 4 is 35.0 Å². The summed E-state index contributed by atoms with van der Waals surface area (Å²) in [6.45, 7) is 8.32. The largest absolute Gasteiger partial charge is 0.490 e. The third-order valence-electron chi connectivity index (χ3n) is 7.19. The molecule has 0 fully saturated rings. The van der Waals surface area contributed by atoms with Gasteiger partial charge in [0.2, 0.25) is 0 Å². The quantitative estimate of drug-likeness (QED) is 0.199. The summed E-state index contributed by atoms with van der Waals surface area (Å²) in [5, 5.41) is 0. The van der Waals surface area contributed by atoms with Crippen molar-refractivity contribution in [3.05, 3.63) is 109 Å². The van der Waals surface area contributed by atoms with Crippen molar-refractivity contribution in [1.82, 2.24) is 4.57 Å². The van der Waals surface area contributed by atoms with E-state index >= 15 is 0 Å². The van der Waals surface area contributed by atoms with Gasteiger partial charge in [0, 0.05) is 5.56 Å². The second kappa shape index (κ2) is 15.5. The Balaban J connectivity index is 1.75. The van der Waals surface area contributed by atoms with Gasteiger partial charge in [-0.15, -0.1) is 0 Å². The van der Waals surface area contributed by atoms with Gasteiger partial charge in [-0.3, -0.25) is 14.2 Å². The van der Waals surface area contributed by atoms with Gasteiger partial charge in [-0.2, -0.15) is 0 Å². The van der Waals surface area contributed by atoms with E-state index in [1.54, 1.807) is 43.3 Å². The van der Waals surface area contributed by atoms with Crippen LogP contribution in [0.1, 0.15) is 50.4 Å². The lowest BCUT2D eigenvalue weighted by Crippen LogP contribution is -2.40. The second-order valence-corrected chi connectivity index (χ2v) is 11.4. The van der Waals surface area contributed by atoms with Crippen LogP contribution < -0.4 is 39.6 Å². The summed E-state index contributed by atoms with van der Waals surface area (Å²) in [7, 11) is 0. The molecule has 4 aromatic rings. The summed E-state index contributed by atoms with van der Waals surface area (Å²) in [5.74, 6) is 0.582. The van der Waals surface area contributed by atoms with E-state index in [4.69, 9.17) is 34.4 Å². The zero-order valence-corrected chi connectivity index (χ0v) is 28.0. The van der Waals surface area contributed by atoms with Crippen LogP contribution in [0.3, 0.4) is 0 Å². The highest BCUT2D eigenvalue weighted by Gasteiger charge is 2.35. The standard InChI is InChI=1S/C36H37N3O8S/c1-5-43-25-17-15-24(20-28(25)45-7-3)33-31(35(42)46-8-4)32(23-12-10-9-11-13-23)38-36-39(33)34(41)29(48-36)19-22-14-16-26(47-21-30(37)40)27(18-22)44-6-2/h9-20,33H,5-8,21H2,1-4H3,(H2,37,40)/b29-19-/t33-/m0/s1. The van der Waals surface area contributed by atoms with Crippen LogP contribution in [-0.2, 0) is 14.3 Å². The molecule has 1 aliphatic heterocycles. The molecule has 1 atom stereocenters. The first-order valence-electron chi connectivity index (χ1n) is 15.6. The minimum atomic E-state index is -0.892. The van der Waals surface area contributed by atoms with E-state index in [1.807, 2.05) is 57.2 Å². The number of nitrogens with two attached hydrogens (primary N) is 1. The van der Waals surface area contributed by atoms with Crippen molar-refractivity contribution in [1.29, 1.82) is 0 Å². The molecule has 0 saturated heterocycles. The molecule has 0 radical (unpaired) electrons. The fraction of sp³-hybridized carbons (Fsp3) is 0.278. The molecular weight excluding hydrogens is 634 g/mol. The fourth-order valence-corrected chi connectivity index (χ4v) is 6.30. The summed E-state index contributed by atoms with van der Waals surface area (Å²) < 4.78 is 30.5. The van der Waals surface area contributed by atoms with Gasteiger partial charge in [0.05, 0.1) is 48.3 Å². The topological polar surface area (TPSA) is 141 Å². The third kappa shape index (κ3) is 7.28. The normalized spacial score (nSPS) is 14.2. The van der Waals surface area contributed by atoms with Gasteiger partial charge in [-0.1, -0.05) is 53.8 Å². The van der Waals surface area contributed by atoms with E-state index in [1.165, 1.54) is 15.9 Å². The monoisotopic (exact) mass is 671 g/mol. The third-order valence-corrected chi connectivity index (χ3v) is 8.18. The Hall–Kier alpha value is -5.36. The highest BCUT2D eigenvalue weighted by atomic mass is 32.1. The molecule has 12 heteroatoms. The molecule has 11 nitrogen and oxygen atoms in total. The molecule has 48 heavy (non-hydrogen) atoms. The van der Waals surface area contributed by atoms with Gasteiger partial charge in [0.1, 0.15) is 0 Å². The van der Waals surface area contributed by atoms with Crippen molar-refractivity contribution in [2.45, 2.75) is 33.7 Å². The first-order chi connectivity index (χ1) is 23.3. The Morgan fingerprint density at radius 2 is 1.48 bits per heavy atom. The Morgan fingerprint density at radius 1 is 0.833 bits per heavy atom. The number of benzene rings is 3. The minimum absolute atomic E-state index is 0.135. The number of ether oxygens (including phenoxy) is 5. The second-order valence-electron chi connectivity index (χ2n) is 10.4. The number of rotatable bonds is 14. The zero-order valence-electron chi connectivity index (χ0n) is 27.2. The molecule has 0 saturated carbocycles. The number of thiazole rings is 1. The number of fused-ring (bicyclic) bond motifs is 1. The maximum absolute atomic E-state index is 14.4. The highest BCUT2D eigenvalue weighted by molar-refractivity contribution is 7.07. The molecule has 5 rings (SSSR count). The number of esters is 1. The lowest BCUT2D eigenvalue weighted by molar-refractivity contribution is -0.138. The molecule has 1 aromatic heterocycles. The van der Waals surface area contributed by atoms with E-state index in [-0.39, 0.29) is 24.3 Å². The number of hydrogen-bond acceptors (Lipinski definition) is 10. The van der Waals surface area contributed by atoms with Crippen molar-refractivity contribution < 1.29 is 33.3 Å². The van der Waals surface area contributed by atoms with Crippen molar-refractivity contribution in [2.24, 2.45) is 10.7 Å². The van der Waals surface area contributed by atoms with Crippen molar-refractivity contribution in [2.75, 3.05) is 33.0 Å². The van der Waals surface area contributed by atoms with E-state index in [0.29, 0.717) is 74.5 Å². The number of carbonyl (C=O) groups is 2. The first-order valence-corrected chi connectivity index (χ1v) is 16.5. The van der Waals surface area contributed by atoms with Gasteiger partial charge in [0.15, 0.2) is 34.4 Å². The average Bonchev–Trinajstić information content (AvgIpc) is 3.39. The summed E-state index contributed by atoms with van der Waals surface area (Å²) in [6.07, 6.45) is 1.72. The minimum Gasteiger partial charge on any atom is -0.490 e. The molecule has 2 heterocycles. The maximum Gasteiger partial charge on any atom is 0.338 e. The number of nitrogens with zero attached hydrogens (tertiary/aromatic N) is 2. The summed E-state index contributed by atoms with van der Waals surface area (Å²) >= 11 is 1.20. The summed E-state index contributed by atoms with van der Waals surface area (Å²) in [4.78, 5) is 44.8. The molecule has 1 amide bonds. The van der Waals surface area contributed by atoms with Crippen LogP contribution in [0.2, 0.25) is 0 Å². The van der Waals surface area contributed by atoms with Gasteiger partial charge in [0.25, 0.3) is 11.5 Å².